The van der Waals surface area contributed by atoms with E-state index in [1.807, 2.05) is 0 Å². The van der Waals surface area contributed by atoms with Gasteiger partial charge in [0.15, 0.2) is 0 Å². The van der Waals surface area contributed by atoms with Crippen molar-refractivity contribution in [2.75, 3.05) is 20.3 Å². The number of benzene rings is 1. The Bertz CT molecular complexity index is 374. The first-order chi connectivity index (χ1) is 7.51. The fourth-order valence-corrected chi connectivity index (χ4v) is 2.38. The molecule has 3 heteroatoms. The monoisotopic (exact) mass is 283 g/mol. The summed E-state index contributed by atoms with van der Waals surface area (Å²) >= 11 is 3.53. The van der Waals surface area contributed by atoms with E-state index in [-0.39, 0.29) is 5.54 Å². The topological polar surface area (TPSA) is 12.5 Å². The molecule has 0 spiro atoms. The largest absolute Gasteiger partial charge is 0.378 e. The zero-order chi connectivity index (χ0) is 11.8. The van der Waals surface area contributed by atoms with Gasteiger partial charge >= 0.3 is 0 Å². The van der Waals surface area contributed by atoms with E-state index in [4.69, 9.17) is 4.74 Å². The third kappa shape index (κ3) is 2.17. The van der Waals surface area contributed by atoms with Gasteiger partial charge in [-0.15, -0.1) is 0 Å². The minimum atomic E-state index is 0.0399. The molecule has 1 fully saturated rings. The molecule has 88 valence electrons. The van der Waals surface area contributed by atoms with Crippen molar-refractivity contribution in [2.24, 2.45) is 0 Å². The molecule has 0 saturated carbocycles. The second kappa shape index (κ2) is 4.47. The first kappa shape index (κ1) is 12.1. The number of hydrogen-bond acceptors (Lipinski definition) is 2. The Morgan fingerprint density at radius 2 is 2.06 bits per heavy atom. The zero-order valence-corrected chi connectivity index (χ0v) is 11.6. The summed E-state index contributed by atoms with van der Waals surface area (Å²) in [5.74, 6) is 0. The molecule has 0 bridgehead atoms. The molecule has 0 N–H and O–H groups in total. The Morgan fingerprint density at radius 1 is 1.38 bits per heavy atom. The van der Waals surface area contributed by atoms with E-state index in [1.54, 1.807) is 0 Å². The molecular formula is C13H18BrNO. The van der Waals surface area contributed by atoms with Crippen LogP contribution >= 0.6 is 15.9 Å². The van der Waals surface area contributed by atoms with E-state index in [0.717, 1.165) is 17.7 Å². The average Bonchev–Trinajstić information content (AvgIpc) is 2.15. The minimum Gasteiger partial charge on any atom is -0.378 e. The predicted molar refractivity (Wildman–Crippen MR) is 69.5 cm³/mol. The predicted octanol–water partition coefficient (Wildman–Crippen LogP) is 3.01. The third-order valence-corrected chi connectivity index (χ3v) is 4.07. The van der Waals surface area contributed by atoms with E-state index < -0.39 is 0 Å². The third-order valence-electron chi connectivity index (χ3n) is 3.58. The second-order valence-corrected chi connectivity index (χ2v) is 5.79. The van der Waals surface area contributed by atoms with Crippen LogP contribution in [0.25, 0.3) is 0 Å². The summed E-state index contributed by atoms with van der Waals surface area (Å²) in [6.07, 6.45) is 0. The average molecular weight is 284 g/mol. The van der Waals surface area contributed by atoms with Gasteiger partial charge in [0, 0.05) is 10.0 Å². The number of ether oxygens (including phenoxy) is 1. The Labute approximate surface area is 106 Å². The van der Waals surface area contributed by atoms with Crippen LogP contribution in [0, 0.1) is 0 Å². The second-order valence-electron chi connectivity index (χ2n) is 4.87. The molecule has 0 atom stereocenters. The van der Waals surface area contributed by atoms with Crippen LogP contribution in [0.15, 0.2) is 28.7 Å². The molecule has 0 amide bonds. The summed E-state index contributed by atoms with van der Waals surface area (Å²) in [7, 11) is 2.17. The molecule has 1 aromatic rings. The minimum absolute atomic E-state index is 0.0399. The van der Waals surface area contributed by atoms with Crippen LogP contribution < -0.4 is 0 Å². The van der Waals surface area contributed by atoms with Gasteiger partial charge in [-0.2, -0.15) is 0 Å². The first-order valence-electron chi connectivity index (χ1n) is 5.58. The van der Waals surface area contributed by atoms with Gasteiger partial charge in [-0.1, -0.05) is 28.1 Å². The van der Waals surface area contributed by atoms with Gasteiger partial charge in [0.1, 0.15) is 0 Å². The number of halogens is 1. The van der Waals surface area contributed by atoms with E-state index >= 15 is 0 Å². The van der Waals surface area contributed by atoms with Crippen LogP contribution in [0.5, 0.6) is 0 Å². The van der Waals surface area contributed by atoms with Crippen molar-refractivity contribution in [2.45, 2.75) is 25.4 Å². The molecule has 1 saturated heterocycles. The van der Waals surface area contributed by atoms with Gasteiger partial charge < -0.3 is 4.74 Å². The van der Waals surface area contributed by atoms with E-state index in [1.165, 1.54) is 5.56 Å². The maximum Gasteiger partial charge on any atom is 0.0645 e. The van der Waals surface area contributed by atoms with Crippen LogP contribution in [0.2, 0.25) is 0 Å². The molecule has 0 radical (unpaired) electrons. The van der Waals surface area contributed by atoms with Gasteiger partial charge in [-0.05, 0) is 38.6 Å². The molecule has 1 aliphatic rings. The van der Waals surface area contributed by atoms with Gasteiger partial charge in [0.05, 0.1) is 19.3 Å². The van der Waals surface area contributed by atoms with Crippen molar-refractivity contribution in [3.63, 3.8) is 0 Å². The van der Waals surface area contributed by atoms with Crippen molar-refractivity contribution >= 4 is 15.9 Å². The number of rotatable bonds is 3. The molecule has 0 unspecified atom stereocenters. The number of hydrogen-bond donors (Lipinski definition) is 0. The van der Waals surface area contributed by atoms with Gasteiger partial charge in [-0.3, -0.25) is 4.90 Å². The first-order valence-corrected chi connectivity index (χ1v) is 6.38. The van der Waals surface area contributed by atoms with Crippen molar-refractivity contribution < 1.29 is 4.74 Å². The molecule has 16 heavy (non-hydrogen) atoms. The lowest BCUT2D eigenvalue weighted by Gasteiger charge is -2.45. The van der Waals surface area contributed by atoms with Gasteiger partial charge in [0.25, 0.3) is 0 Å². The summed E-state index contributed by atoms with van der Waals surface area (Å²) in [6, 6.07) is 9.07. The van der Waals surface area contributed by atoms with Crippen molar-refractivity contribution in [3.8, 4) is 0 Å². The quantitative estimate of drug-likeness (QED) is 0.846. The lowest BCUT2D eigenvalue weighted by Crippen LogP contribution is -2.54. The highest BCUT2D eigenvalue weighted by molar-refractivity contribution is 9.10. The van der Waals surface area contributed by atoms with Crippen molar-refractivity contribution in [3.05, 3.63) is 34.3 Å². The maximum absolute atomic E-state index is 5.26. The molecule has 0 aromatic heterocycles. The molecular weight excluding hydrogens is 266 g/mol. The summed E-state index contributed by atoms with van der Waals surface area (Å²) < 4.78 is 6.40. The number of nitrogens with zero attached hydrogens (tertiary/aromatic N) is 1. The van der Waals surface area contributed by atoms with Crippen LogP contribution in [-0.2, 0) is 10.3 Å². The summed E-state index contributed by atoms with van der Waals surface area (Å²) in [4.78, 5) is 2.40. The molecule has 1 heterocycles. The standard InChI is InChI=1S/C13H18BrNO/c1-13(2,15(3)12-8-16-9-12)10-5-4-6-11(14)7-10/h4-7,12H,8-9H2,1-3H3. The lowest BCUT2D eigenvalue weighted by molar-refractivity contribution is -0.0875. The smallest absolute Gasteiger partial charge is 0.0645 e. The Kier molecular flexibility index (Phi) is 3.38. The zero-order valence-electron chi connectivity index (χ0n) is 10.0. The van der Waals surface area contributed by atoms with Crippen molar-refractivity contribution in [1.29, 1.82) is 0 Å². The van der Waals surface area contributed by atoms with E-state index in [0.29, 0.717) is 6.04 Å². The molecule has 2 rings (SSSR count). The summed E-state index contributed by atoms with van der Waals surface area (Å²) in [5.41, 5.74) is 1.37. The Balaban J connectivity index is 2.22. The Morgan fingerprint density at radius 3 is 2.56 bits per heavy atom. The summed E-state index contributed by atoms with van der Waals surface area (Å²) in [6.45, 7) is 6.22. The number of likely N-dealkylation sites (N-methyl/N-ethyl adjacent to an activating group) is 1. The molecule has 0 aliphatic carbocycles. The van der Waals surface area contributed by atoms with Crippen LogP contribution in [0.3, 0.4) is 0 Å². The Hall–Kier alpha value is -0.380. The SMILES string of the molecule is CN(C1COC1)C(C)(C)c1cccc(Br)c1. The van der Waals surface area contributed by atoms with Crippen LogP contribution in [0.1, 0.15) is 19.4 Å². The fourth-order valence-electron chi connectivity index (χ4n) is 1.98. The summed E-state index contributed by atoms with van der Waals surface area (Å²) in [5, 5.41) is 0. The fraction of sp³-hybridized carbons (Fsp3) is 0.538. The van der Waals surface area contributed by atoms with Crippen molar-refractivity contribution in [1.82, 2.24) is 4.90 Å². The molecule has 2 nitrogen and oxygen atoms in total. The maximum atomic E-state index is 5.26. The highest BCUT2D eigenvalue weighted by atomic mass is 79.9. The molecule has 1 aliphatic heterocycles. The lowest BCUT2D eigenvalue weighted by atomic mass is 9.91. The van der Waals surface area contributed by atoms with E-state index in [9.17, 15) is 0 Å². The highest BCUT2D eigenvalue weighted by Gasteiger charge is 2.34. The van der Waals surface area contributed by atoms with Crippen LogP contribution in [0.4, 0.5) is 0 Å². The van der Waals surface area contributed by atoms with E-state index in [2.05, 4.69) is 66.0 Å². The van der Waals surface area contributed by atoms with Gasteiger partial charge in [0.2, 0.25) is 0 Å². The molecule has 1 aromatic carbocycles. The van der Waals surface area contributed by atoms with Gasteiger partial charge in [-0.25, -0.2) is 0 Å². The highest BCUT2D eigenvalue weighted by Crippen LogP contribution is 2.31. The van der Waals surface area contributed by atoms with Crippen LogP contribution in [-0.4, -0.2) is 31.2 Å². The normalized spacial score (nSPS) is 17.6.